The number of hydrogen-bond donors (Lipinski definition) is 1. The number of aliphatic imine (C=N–C) groups is 1. The fourth-order valence-electron chi connectivity index (χ4n) is 1.73. The van der Waals surface area contributed by atoms with Gasteiger partial charge in [-0.25, -0.2) is 0 Å². The summed E-state index contributed by atoms with van der Waals surface area (Å²) in [6.07, 6.45) is 7.43. The number of aldehydes is 1. The number of Topliss-reactive ketones (excluding diaryl/α,β-unsaturated/α-hetero) is 1. The molecule has 2 aliphatic rings. The first-order valence-corrected chi connectivity index (χ1v) is 6.13. The standard InChI is InChI=1S/C12H12N2O2S/c1-8-9(7-15)5-13-6-10(8)12(16)11-3-2-4-17-14-11/h2-8,10,14H,1H3. The summed E-state index contributed by atoms with van der Waals surface area (Å²) in [5, 5.41) is 1.85. The highest BCUT2D eigenvalue weighted by molar-refractivity contribution is 8.00. The van der Waals surface area contributed by atoms with Gasteiger partial charge in [0.15, 0.2) is 5.78 Å². The molecule has 0 saturated heterocycles. The minimum absolute atomic E-state index is 0.0365. The monoisotopic (exact) mass is 248 g/mol. The van der Waals surface area contributed by atoms with Crippen molar-refractivity contribution in [1.82, 2.24) is 4.72 Å². The third-order valence-corrected chi connectivity index (χ3v) is 3.45. The van der Waals surface area contributed by atoms with Gasteiger partial charge in [-0.3, -0.25) is 14.6 Å². The smallest absolute Gasteiger partial charge is 0.188 e. The lowest BCUT2D eigenvalue weighted by Gasteiger charge is -2.23. The number of nitrogens with zero attached hydrogens (tertiary/aromatic N) is 1. The fraction of sp³-hybridized carbons (Fsp3) is 0.250. The molecular weight excluding hydrogens is 236 g/mol. The second kappa shape index (κ2) is 5.14. The maximum absolute atomic E-state index is 12.2. The molecule has 5 heteroatoms. The molecule has 0 aromatic rings. The summed E-state index contributed by atoms with van der Waals surface area (Å²) in [5.74, 6) is -0.535. The van der Waals surface area contributed by atoms with E-state index in [2.05, 4.69) is 9.71 Å². The maximum Gasteiger partial charge on any atom is 0.188 e. The minimum atomic E-state index is -0.369. The largest absolute Gasteiger partial charge is 0.323 e. The molecule has 4 nitrogen and oxygen atoms in total. The summed E-state index contributed by atoms with van der Waals surface area (Å²) in [5.41, 5.74) is 1.11. The Morgan fingerprint density at radius 2 is 2.41 bits per heavy atom. The van der Waals surface area contributed by atoms with Crippen LogP contribution >= 0.6 is 11.9 Å². The number of nitrogens with one attached hydrogen (secondary N) is 1. The zero-order chi connectivity index (χ0) is 12.3. The van der Waals surface area contributed by atoms with Crippen LogP contribution in [0.5, 0.6) is 0 Å². The SMILES string of the molecule is CC1C(C=O)=CN=CC1C(=O)C1=CC=CSN1. The number of ketones is 1. The lowest BCUT2D eigenvalue weighted by atomic mass is 9.83. The Hall–Kier alpha value is -1.62. The third kappa shape index (κ3) is 2.39. The Bertz CT molecular complexity index is 463. The summed E-state index contributed by atoms with van der Waals surface area (Å²) in [6, 6.07) is 0. The lowest BCUT2D eigenvalue weighted by molar-refractivity contribution is -0.118. The average Bonchev–Trinajstić information content (AvgIpc) is 2.39. The summed E-state index contributed by atoms with van der Waals surface area (Å²) in [4.78, 5) is 27.0. The van der Waals surface area contributed by atoms with Crippen LogP contribution in [0.3, 0.4) is 0 Å². The molecule has 88 valence electrons. The van der Waals surface area contributed by atoms with Gasteiger partial charge in [-0.1, -0.05) is 13.0 Å². The molecule has 2 aliphatic heterocycles. The minimum Gasteiger partial charge on any atom is -0.323 e. The fourth-order valence-corrected chi connectivity index (χ4v) is 2.25. The zero-order valence-electron chi connectivity index (χ0n) is 9.29. The average molecular weight is 248 g/mol. The van der Waals surface area contributed by atoms with E-state index in [1.54, 1.807) is 12.3 Å². The van der Waals surface area contributed by atoms with E-state index in [0.29, 0.717) is 11.3 Å². The predicted molar refractivity (Wildman–Crippen MR) is 68.2 cm³/mol. The van der Waals surface area contributed by atoms with Crippen LogP contribution in [0.1, 0.15) is 6.92 Å². The second-order valence-electron chi connectivity index (χ2n) is 3.85. The van der Waals surface area contributed by atoms with Crippen LogP contribution < -0.4 is 4.72 Å². The van der Waals surface area contributed by atoms with Gasteiger partial charge in [-0.2, -0.15) is 0 Å². The van der Waals surface area contributed by atoms with Crippen molar-refractivity contribution in [3.63, 3.8) is 0 Å². The molecule has 0 aromatic heterocycles. The van der Waals surface area contributed by atoms with Gasteiger partial charge < -0.3 is 4.72 Å². The molecule has 2 atom stereocenters. The second-order valence-corrected chi connectivity index (χ2v) is 4.56. The number of carbonyl (C=O) groups is 2. The van der Waals surface area contributed by atoms with Crippen LogP contribution in [0.15, 0.2) is 40.0 Å². The maximum atomic E-state index is 12.2. The first-order chi connectivity index (χ1) is 8.24. The number of carbonyl (C=O) groups excluding carboxylic acids is 2. The first kappa shape index (κ1) is 11.9. The van der Waals surface area contributed by atoms with E-state index in [0.717, 1.165) is 6.29 Å². The molecule has 2 unspecified atom stereocenters. The molecule has 17 heavy (non-hydrogen) atoms. The van der Waals surface area contributed by atoms with Gasteiger partial charge in [0, 0.05) is 23.9 Å². The predicted octanol–water partition coefficient (Wildman–Crippen LogP) is 1.62. The van der Waals surface area contributed by atoms with E-state index in [-0.39, 0.29) is 17.6 Å². The first-order valence-electron chi connectivity index (χ1n) is 5.25. The number of rotatable bonds is 3. The molecule has 0 radical (unpaired) electrons. The zero-order valence-corrected chi connectivity index (χ0v) is 10.1. The van der Waals surface area contributed by atoms with E-state index < -0.39 is 0 Å². The Kier molecular flexibility index (Phi) is 3.58. The van der Waals surface area contributed by atoms with E-state index in [1.165, 1.54) is 18.1 Å². The molecule has 0 aromatic carbocycles. The molecule has 2 heterocycles. The van der Waals surface area contributed by atoms with Crippen molar-refractivity contribution in [2.24, 2.45) is 16.8 Å². The van der Waals surface area contributed by atoms with Crippen molar-refractivity contribution in [1.29, 1.82) is 0 Å². The molecule has 0 amide bonds. The van der Waals surface area contributed by atoms with Gasteiger partial charge in [-0.05, 0) is 23.4 Å². The van der Waals surface area contributed by atoms with Crippen LogP contribution in [0, 0.1) is 11.8 Å². The summed E-state index contributed by atoms with van der Waals surface area (Å²) in [7, 11) is 0. The van der Waals surface area contributed by atoms with Gasteiger partial charge in [0.05, 0.1) is 11.6 Å². The molecule has 1 N–H and O–H groups in total. The Morgan fingerprint density at radius 3 is 3.06 bits per heavy atom. The highest BCUT2D eigenvalue weighted by Gasteiger charge is 2.30. The van der Waals surface area contributed by atoms with Gasteiger partial charge in [-0.15, -0.1) is 0 Å². The van der Waals surface area contributed by atoms with Crippen molar-refractivity contribution >= 4 is 30.2 Å². The van der Waals surface area contributed by atoms with Crippen molar-refractivity contribution in [2.45, 2.75) is 6.92 Å². The van der Waals surface area contributed by atoms with Crippen molar-refractivity contribution < 1.29 is 9.59 Å². The number of allylic oxidation sites excluding steroid dienone is 4. The normalized spacial score (nSPS) is 26.9. The quantitative estimate of drug-likeness (QED) is 0.609. The van der Waals surface area contributed by atoms with Crippen molar-refractivity contribution in [3.8, 4) is 0 Å². The molecule has 0 bridgehead atoms. The Morgan fingerprint density at radius 1 is 1.59 bits per heavy atom. The van der Waals surface area contributed by atoms with Crippen LogP contribution in [0.2, 0.25) is 0 Å². The molecule has 2 rings (SSSR count). The summed E-state index contributed by atoms with van der Waals surface area (Å²) < 4.78 is 2.94. The van der Waals surface area contributed by atoms with Crippen LogP contribution in [-0.2, 0) is 9.59 Å². The molecular formula is C12H12N2O2S. The van der Waals surface area contributed by atoms with Gasteiger partial charge in [0.1, 0.15) is 6.29 Å². The summed E-state index contributed by atoms with van der Waals surface area (Å²) in [6.45, 7) is 1.86. The van der Waals surface area contributed by atoms with Crippen LogP contribution in [0.25, 0.3) is 0 Å². The highest BCUT2D eigenvalue weighted by atomic mass is 32.2. The molecule has 0 spiro atoms. The van der Waals surface area contributed by atoms with E-state index in [4.69, 9.17) is 0 Å². The number of hydrogen-bond acceptors (Lipinski definition) is 5. The molecule has 0 fully saturated rings. The van der Waals surface area contributed by atoms with Crippen molar-refractivity contribution in [2.75, 3.05) is 0 Å². The molecule has 0 aliphatic carbocycles. The van der Waals surface area contributed by atoms with E-state index >= 15 is 0 Å². The van der Waals surface area contributed by atoms with Gasteiger partial charge in [0.25, 0.3) is 0 Å². The van der Waals surface area contributed by atoms with Crippen molar-refractivity contribution in [3.05, 3.63) is 35.0 Å². The van der Waals surface area contributed by atoms with Crippen LogP contribution in [-0.4, -0.2) is 18.3 Å². The highest BCUT2D eigenvalue weighted by Crippen LogP contribution is 2.25. The lowest BCUT2D eigenvalue weighted by Crippen LogP contribution is -2.31. The Labute approximate surface area is 104 Å². The van der Waals surface area contributed by atoms with Gasteiger partial charge >= 0.3 is 0 Å². The topological polar surface area (TPSA) is 58.5 Å². The molecule has 0 saturated carbocycles. The van der Waals surface area contributed by atoms with E-state index in [1.807, 2.05) is 18.4 Å². The summed E-state index contributed by atoms with van der Waals surface area (Å²) >= 11 is 1.35. The Balaban J connectivity index is 2.18. The van der Waals surface area contributed by atoms with Gasteiger partial charge in [0.2, 0.25) is 0 Å². The third-order valence-electron chi connectivity index (χ3n) is 2.82. The van der Waals surface area contributed by atoms with Crippen LogP contribution in [0.4, 0.5) is 0 Å². The van der Waals surface area contributed by atoms with E-state index in [9.17, 15) is 9.59 Å².